The highest BCUT2D eigenvalue weighted by Crippen LogP contribution is 2.30. The lowest BCUT2D eigenvalue weighted by atomic mass is 10.1. The summed E-state index contributed by atoms with van der Waals surface area (Å²) in [6.07, 6.45) is 1.83. The van der Waals surface area contributed by atoms with Crippen molar-refractivity contribution < 1.29 is 9.47 Å². The Labute approximate surface area is 182 Å². The van der Waals surface area contributed by atoms with Gasteiger partial charge < -0.3 is 9.47 Å². The fourth-order valence-corrected chi connectivity index (χ4v) is 3.80. The number of hydrogen-bond donors (Lipinski definition) is 0. The van der Waals surface area contributed by atoms with E-state index in [1.807, 2.05) is 51.7 Å². The molecule has 0 spiro atoms. The van der Waals surface area contributed by atoms with Gasteiger partial charge in [0.1, 0.15) is 12.4 Å². The number of ether oxygens (including phenoxy) is 2. The summed E-state index contributed by atoms with van der Waals surface area (Å²) in [5.74, 6) is 1.61. The van der Waals surface area contributed by atoms with Crippen LogP contribution >= 0.6 is 12.2 Å². The number of benzene rings is 2. The summed E-state index contributed by atoms with van der Waals surface area (Å²) in [7, 11) is 0. The van der Waals surface area contributed by atoms with Gasteiger partial charge in [0, 0.05) is 25.2 Å². The molecule has 4 rings (SSSR count). The number of rotatable bonds is 8. The van der Waals surface area contributed by atoms with Gasteiger partial charge in [-0.05, 0) is 23.8 Å². The Balaban J connectivity index is 1.55. The molecule has 0 atom stereocenters. The van der Waals surface area contributed by atoms with Crippen LogP contribution < -0.4 is 4.74 Å². The number of para-hydroxylation sites is 1. The molecule has 0 radical (unpaired) electrons. The number of morpholine rings is 1. The van der Waals surface area contributed by atoms with Gasteiger partial charge in [0.05, 0.1) is 19.9 Å². The van der Waals surface area contributed by atoms with E-state index in [0.29, 0.717) is 24.6 Å². The van der Waals surface area contributed by atoms with Gasteiger partial charge in [0.2, 0.25) is 0 Å². The quantitative estimate of drug-likeness (QED) is 0.403. The summed E-state index contributed by atoms with van der Waals surface area (Å²) >= 11 is 5.68. The van der Waals surface area contributed by atoms with E-state index in [9.17, 15) is 0 Å². The molecule has 2 aromatic carbocycles. The zero-order chi connectivity index (χ0) is 20.8. The first-order chi connectivity index (χ1) is 14.8. The van der Waals surface area contributed by atoms with Crippen molar-refractivity contribution in [2.75, 3.05) is 26.3 Å². The molecule has 1 aliphatic heterocycles. The van der Waals surface area contributed by atoms with E-state index in [-0.39, 0.29) is 0 Å². The number of nitrogens with zero attached hydrogens (tertiary/aromatic N) is 4. The SMILES string of the molecule is C=CCn1c(COc2ccccc2-c2ccccc2)nn(CN2CCOCC2)c1=S. The van der Waals surface area contributed by atoms with Crippen LogP contribution in [0.3, 0.4) is 0 Å². The van der Waals surface area contributed by atoms with Crippen molar-refractivity contribution in [2.45, 2.75) is 19.8 Å². The lowest BCUT2D eigenvalue weighted by molar-refractivity contribution is 0.0208. The maximum absolute atomic E-state index is 6.21. The molecule has 0 unspecified atom stereocenters. The fraction of sp³-hybridized carbons (Fsp3) is 0.304. The van der Waals surface area contributed by atoms with Crippen LogP contribution in [0.15, 0.2) is 67.3 Å². The van der Waals surface area contributed by atoms with Gasteiger partial charge in [0.15, 0.2) is 10.6 Å². The molecule has 0 amide bonds. The Hall–Kier alpha value is -2.74. The molecule has 6 nitrogen and oxygen atoms in total. The fourth-order valence-electron chi connectivity index (χ4n) is 3.52. The molecular weight excluding hydrogens is 396 g/mol. The molecule has 0 aliphatic carbocycles. The highest BCUT2D eigenvalue weighted by molar-refractivity contribution is 7.71. The monoisotopic (exact) mass is 422 g/mol. The molecular formula is C23H26N4O2S. The zero-order valence-electron chi connectivity index (χ0n) is 16.9. The standard InChI is InChI=1S/C23H26N4O2S/c1-2-12-26-22(24-27(23(26)30)18-25-13-15-28-16-14-25)17-29-21-11-7-6-10-20(21)19-8-4-3-5-9-19/h2-11H,1,12-18H2. The van der Waals surface area contributed by atoms with Gasteiger partial charge in [-0.25, -0.2) is 4.68 Å². The van der Waals surface area contributed by atoms with Crippen molar-refractivity contribution in [2.24, 2.45) is 0 Å². The summed E-state index contributed by atoms with van der Waals surface area (Å²) in [5, 5.41) is 4.76. The van der Waals surface area contributed by atoms with Crippen LogP contribution in [0.4, 0.5) is 0 Å². The van der Waals surface area contributed by atoms with Crippen LogP contribution in [0.25, 0.3) is 11.1 Å². The minimum Gasteiger partial charge on any atom is -0.485 e. The van der Waals surface area contributed by atoms with E-state index in [0.717, 1.165) is 49.0 Å². The predicted molar refractivity (Wildman–Crippen MR) is 120 cm³/mol. The molecule has 3 aromatic rings. The van der Waals surface area contributed by atoms with Crippen molar-refractivity contribution in [1.29, 1.82) is 0 Å². The van der Waals surface area contributed by atoms with Gasteiger partial charge in [0.25, 0.3) is 0 Å². The van der Waals surface area contributed by atoms with E-state index >= 15 is 0 Å². The topological polar surface area (TPSA) is 44.5 Å². The van der Waals surface area contributed by atoms with E-state index in [1.54, 1.807) is 0 Å². The third-order valence-corrected chi connectivity index (χ3v) is 5.51. The molecule has 2 heterocycles. The predicted octanol–water partition coefficient (Wildman–Crippen LogP) is 4.14. The van der Waals surface area contributed by atoms with E-state index in [1.165, 1.54) is 0 Å². The number of hydrogen-bond acceptors (Lipinski definition) is 5. The van der Waals surface area contributed by atoms with Gasteiger partial charge in [-0.3, -0.25) is 9.47 Å². The van der Waals surface area contributed by atoms with Crippen molar-refractivity contribution in [3.8, 4) is 16.9 Å². The number of aromatic nitrogens is 3. The summed E-state index contributed by atoms with van der Waals surface area (Å²) in [5.41, 5.74) is 2.17. The first-order valence-electron chi connectivity index (χ1n) is 10.1. The van der Waals surface area contributed by atoms with Crippen molar-refractivity contribution in [3.63, 3.8) is 0 Å². The summed E-state index contributed by atoms with van der Waals surface area (Å²) in [4.78, 5) is 2.29. The van der Waals surface area contributed by atoms with E-state index in [4.69, 9.17) is 26.8 Å². The molecule has 1 saturated heterocycles. The summed E-state index contributed by atoms with van der Waals surface area (Å²) < 4.78 is 16.2. The second-order valence-corrected chi connectivity index (χ2v) is 7.49. The van der Waals surface area contributed by atoms with Crippen LogP contribution in [-0.4, -0.2) is 45.6 Å². The maximum atomic E-state index is 6.21. The minimum absolute atomic E-state index is 0.331. The third kappa shape index (κ3) is 4.70. The third-order valence-electron chi connectivity index (χ3n) is 5.08. The molecule has 30 heavy (non-hydrogen) atoms. The maximum Gasteiger partial charge on any atom is 0.199 e. The van der Waals surface area contributed by atoms with Crippen molar-refractivity contribution in [3.05, 3.63) is 77.8 Å². The van der Waals surface area contributed by atoms with E-state index < -0.39 is 0 Å². The molecule has 1 fully saturated rings. The lowest BCUT2D eigenvalue weighted by Crippen LogP contribution is -2.37. The van der Waals surface area contributed by atoms with Crippen molar-refractivity contribution in [1.82, 2.24) is 19.2 Å². The van der Waals surface area contributed by atoms with Gasteiger partial charge in [-0.1, -0.05) is 54.6 Å². The summed E-state index contributed by atoms with van der Waals surface area (Å²) in [6, 6.07) is 18.3. The Morgan fingerprint density at radius 2 is 1.80 bits per heavy atom. The molecule has 1 aromatic heterocycles. The zero-order valence-corrected chi connectivity index (χ0v) is 17.8. The Bertz CT molecular complexity index is 1040. The minimum atomic E-state index is 0.331. The molecule has 0 bridgehead atoms. The van der Waals surface area contributed by atoms with Gasteiger partial charge in [-0.2, -0.15) is 5.10 Å². The molecule has 1 aliphatic rings. The first kappa shape index (κ1) is 20.5. The second kappa shape index (κ2) is 9.84. The molecule has 0 saturated carbocycles. The van der Waals surface area contributed by atoms with Crippen LogP contribution in [-0.2, 0) is 24.6 Å². The second-order valence-electron chi connectivity index (χ2n) is 7.12. The van der Waals surface area contributed by atoms with Gasteiger partial charge in [-0.15, -0.1) is 6.58 Å². The average Bonchev–Trinajstić information content (AvgIpc) is 3.08. The van der Waals surface area contributed by atoms with Crippen LogP contribution in [0.2, 0.25) is 0 Å². The molecule has 0 N–H and O–H groups in total. The molecule has 7 heteroatoms. The summed E-state index contributed by atoms with van der Waals surface area (Å²) in [6.45, 7) is 8.69. The van der Waals surface area contributed by atoms with Crippen molar-refractivity contribution >= 4 is 12.2 Å². The molecule has 156 valence electrons. The van der Waals surface area contributed by atoms with Crippen LogP contribution in [0, 0.1) is 4.77 Å². The average molecular weight is 423 g/mol. The lowest BCUT2D eigenvalue weighted by Gasteiger charge is -2.26. The van der Waals surface area contributed by atoms with Gasteiger partial charge >= 0.3 is 0 Å². The van der Waals surface area contributed by atoms with Crippen LogP contribution in [0.1, 0.15) is 5.82 Å². The highest BCUT2D eigenvalue weighted by atomic mass is 32.1. The van der Waals surface area contributed by atoms with E-state index in [2.05, 4.69) is 29.7 Å². The smallest absolute Gasteiger partial charge is 0.199 e. The normalized spacial score (nSPS) is 14.5. The Kier molecular flexibility index (Phi) is 6.74. The Morgan fingerprint density at radius 1 is 1.07 bits per heavy atom. The number of allylic oxidation sites excluding steroid dienone is 1. The largest absolute Gasteiger partial charge is 0.485 e. The highest BCUT2D eigenvalue weighted by Gasteiger charge is 2.16. The first-order valence-corrected chi connectivity index (χ1v) is 10.5. The van der Waals surface area contributed by atoms with Crippen LogP contribution in [0.5, 0.6) is 5.75 Å². The Morgan fingerprint density at radius 3 is 2.57 bits per heavy atom.